The number of hydrogen-bond acceptors (Lipinski definition) is 2. The molecule has 2 nitrogen and oxygen atoms in total. The number of hydrogen-bond donors (Lipinski definition) is 1. The van der Waals surface area contributed by atoms with E-state index in [9.17, 15) is 0 Å². The molecule has 0 aliphatic carbocycles. The van der Waals surface area contributed by atoms with Gasteiger partial charge in [0.05, 0.1) is 0 Å². The molecule has 0 aromatic heterocycles. The van der Waals surface area contributed by atoms with Gasteiger partial charge in [-0.05, 0) is 0 Å². The quantitative estimate of drug-likeness (QED) is 0.704. The van der Waals surface area contributed by atoms with Gasteiger partial charge in [-0.1, -0.05) is 0 Å². The molecule has 0 saturated carbocycles. The van der Waals surface area contributed by atoms with Crippen molar-refractivity contribution in [3.05, 3.63) is 0 Å². The van der Waals surface area contributed by atoms with Crippen LogP contribution < -0.4 is 3.94 Å². The standard InChI is InChI=1S/C7H19Ge2N2Si3/c1-13(2,3)7-9-11-12-10-8-6-14(7,4)5/h7,10H,6H2,1-5H3. The summed E-state index contributed by atoms with van der Waals surface area (Å²) in [6.45, 7) is 12.9. The molecule has 1 unspecified atom stereocenters. The summed E-state index contributed by atoms with van der Waals surface area (Å²) >= 11 is 0.153. The zero-order chi connectivity index (χ0) is 10.8. The molecule has 0 aromatic rings. The molecule has 77 valence electrons. The van der Waals surface area contributed by atoms with Gasteiger partial charge in [0.25, 0.3) is 0 Å². The first-order valence-corrected chi connectivity index (χ1v) is 17.5. The van der Waals surface area contributed by atoms with Crippen LogP contribution in [0.4, 0.5) is 0 Å². The van der Waals surface area contributed by atoms with Gasteiger partial charge in [0.1, 0.15) is 0 Å². The Bertz CT molecular complexity index is 227. The first kappa shape index (κ1) is 13.4. The fourth-order valence-electron chi connectivity index (χ4n) is 2.08. The molecule has 0 fully saturated rings. The first-order valence-electron chi connectivity index (χ1n) is 5.02. The van der Waals surface area contributed by atoms with Gasteiger partial charge in [-0.3, -0.25) is 0 Å². The van der Waals surface area contributed by atoms with E-state index in [-0.39, 0.29) is 31.3 Å². The van der Waals surface area contributed by atoms with E-state index in [0.29, 0.717) is 0 Å². The Kier molecular flexibility index (Phi) is 4.89. The van der Waals surface area contributed by atoms with Crippen LogP contribution in [-0.2, 0) is 0 Å². The van der Waals surface area contributed by atoms with E-state index in [1.165, 1.54) is 0 Å². The number of nitrogens with zero attached hydrogens (tertiary/aromatic N) is 1. The second-order valence-electron chi connectivity index (χ2n) is 5.62. The molecule has 0 spiro atoms. The molecule has 7 heteroatoms. The molecule has 1 N–H and O–H groups in total. The van der Waals surface area contributed by atoms with E-state index < -0.39 is 16.1 Å². The second-order valence-corrected chi connectivity index (χ2v) is 27.2. The third-order valence-corrected chi connectivity index (χ3v) is 34.9. The normalized spacial score (nSPS) is 27.6. The van der Waals surface area contributed by atoms with Crippen molar-refractivity contribution in [3.63, 3.8) is 0 Å². The van der Waals surface area contributed by atoms with Gasteiger partial charge in [0, 0.05) is 0 Å². The fourth-order valence-corrected chi connectivity index (χ4v) is 34.8. The van der Waals surface area contributed by atoms with Crippen LogP contribution in [0, 0.1) is 0 Å². The topological polar surface area (TPSA) is 24.4 Å². The van der Waals surface area contributed by atoms with Crippen LogP contribution in [0.3, 0.4) is 0 Å². The second kappa shape index (κ2) is 5.11. The van der Waals surface area contributed by atoms with Crippen molar-refractivity contribution in [3.8, 4) is 0 Å². The van der Waals surface area contributed by atoms with Crippen LogP contribution in [0.15, 0.2) is 3.59 Å². The summed E-state index contributed by atoms with van der Waals surface area (Å²) in [6, 6.07) is 0. The Balaban J connectivity index is 2.85. The fraction of sp³-hybridized carbons (Fsp3) is 1.00. The third-order valence-electron chi connectivity index (χ3n) is 2.59. The van der Waals surface area contributed by atoms with Gasteiger partial charge < -0.3 is 0 Å². The molecule has 0 saturated heterocycles. The van der Waals surface area contributed by atoms with Gasteiger partial charge in [0.15, 0.2) is 0 Å². The molecular weight excluding hydrogens is 342 g/mol. The molecule has 1 rings (SSSR count). The summed E-state index contributed by atoms with van der Waals surface area (Å²) in [6.07, 6.45) is 0. The van der Waals surface area contributed by atoms with Crippen molar-refractivity contribution in [1.82, 2.24) is 3.94 Å². The van der Waals surface area contributed by atoms with E-state index in [0.717, 1.165) is 13.5 Å². The molecule has 1 heterocycles. The summed E-state index contributed by atoms with van der Waals surface area (Å²) in [4.78, 5) is 1.59. The minimum absolute atomic E-state index is 0.00386. The Hall–Kier alpha value is 1.34. The molecule has 0 amide bonds. The van der Waals surface area contributed by atoms with Crippen LogP contribution in [0.5, 0.6) is 0 Å². The Labute approximate surface area is 105 Å². The average molecular weight is 361 g/mol. The minimum atomic E-state index is -0.926. The van der Waals surface area contributed by atoms with Crippen molar-refractivity contribution in [2.45, 2.75) is 41.6 Å². The molecule has 1 aliphatic heterocycles. The molecular formula is C7H19Ge2N2Si3. The molecule has 5 radical (unpaired) electrons. The first-order chi connectivity index (χ1) is 6.34. The van der Waals surface area contributed by atoms with Gasteiger partial charge >= 0.3 is 106 Å². The predicted molar refractivity (Wildman–Crippen MR) is 72.2 cm³/mol. The summed E-state index contributed by atoms with van der Waals surface area (Å²) < 4.78 is 9.53. The van der Waals surface area contributed by atoms with Crippen LogP contribution in [0.2, 0.25) is 41.6 Å². The van der Waals surface area contributed by atoms with Crippen LogP contribution in [0.1, 0.15) is 0 Å². The number of rotatable bonds is 1. The van der Waals surface area contributed by atoms with E-state index in [1.54, 1.807) is 4.88 Å². The van der Waals surface area contributed by atoms with Crippen molar-refractivity contribution in [1.29, 1.82) is 0 Å². The molecule has 1 atom stereocenters. The van der Waals surface area contributed by atoms with E-state index in [1.807, 2.05) is 0 Å². The summed E-state index contributed by atoms with van der Waals surface area (Å²) in [5, 5.41) is 0. The molecule has 0 bridgehead atoms. The zero-order valence-corrected chi connectivity index (χ0v) is 16.9. The molecule has 0 aromatic carbocycles. The molecule has 1 aliphatic rings. The third kappa shape index (κ3) is 3.73. The Morgan fingerprint density at radius 1 is 1.43 bits per heavy atom. The van der Waals surface area contributed by atoms with Crippen molar-refractivity contribution >= 4 is 56.9 Å². The maximum atomic E-state index is 4.82. The van der Waals surface area contributed by atoms with E-state index in [4.69, 9.17) is 3.59 Å². The Morgan fingerprint density at radius 3 is 2.64 bits per heavy atom. The Morgan fingerprint density at radius 2 is 2.07 bits per heavy atom. The molecule has 14 heavy (non-hydrogen) atoms. The monoisotopic (exact) mass is 363 g/mol. The summed E-state index contributed by atoms with van der Waals surface area (Å²) in [5.74, 6) is 0. The van der Waals surface area contributed by atoms with Crippen LogP contribution >= 0.6 is 0 Å². The summed E-state index contributed by atoms with van der Waals surface area (Å²) in [5.41, 5.74) is 0. The van der Waals surface area contributed by atoms with Crippen molar-refractivity contribution < 1.29 is 0 Å². The summed E-state index contributed by atoms with van der Waals surface area (Å²) in [7, 11) is -1.08. The van der Waals surface area contributed by atoms with E-state index in [2.05, 4.69) is 36.7 Å². The maximum absolute atomic E-state index is 4.82. The average Bonchev–Trinajstić information content (AvgIpc) is 1.95. The van der Waals surface area contributed by atoms with Gasteiger partial charge in [0.2, 0.25) is 0 Å². The predicted octanol–water partition coefficient (Wildman–Crippen LogP) is 1.50. The van der Waals surface area contributed by atoms with Crippen LogP contribution in [-0.4, -0.2) is 56.9 Å². The van der Waals surface area contributed by atoms with Crippen molar-refractivity contribution in [2.24, 2.45) is 3.59 Å². The van der Waals surface area contributed by atoms with Gasteiger partial charge in [-0.25, -0.2) is 0 Å². The van der Waals surface area contributed by atoms with Gasteiger partial charge in [-0.2, -0.15) is 0 Å². The van der Waals surface area contributed by atoms with E-state index >= 15 is 0 Å². The SMILES string of the molecule is C[Si](C)(C)[CH]1[Ge][N]=[Si][NH][Ge][CH2][Si]1(C)C. The zero-order valence-electron chi connectivity index (χ0n) is 9.73. The number of nitrogens with one attached hydrogen (secondary N) is 1. The van der Waals surface area contributed by atoms with Crippen LogP contribution in [0.25, 0.3) is 0 Å². The van der Waals surface area contributed by atoms with Crippen molar-refractivity contribution in [2.75, 3.05) is 0 Å². The van der Waals surface area contributed by atoms with Gasteiger partial charge in [-0.15, -0.1) is 0 Å².